The van der Waals surface area contributed by atoms with Crippen molar-refractivity contribution in [2.45, 2.75) is 13.0 Å². The van der Waals surface area contributed by atoms with Crippen molar-refractivity contribution in [1.29, 1.82) is 0 Å². The molecule has 2 aromatic rings. The molecule has 0 aliphatic carbocycles. The summed E-state index contributed by atoms with van der Waals surface area (Å²) in [7, 11) is 1.27. The number of hydrogen-bond donors (Lipinski definition) is 0. The SMILES string of the molecule is COC(=O)[C@H](C)Oc1ccc2c(c1)O/C(=C\c1cccc(F)c1)C2=O. The van der Waals surface area contributed by atoms with Gasteiger partial charge in [-0.3, -0.25) is 4.79 Å². The summed E-state index contributed by atoms with van der Waals surface area (Å²) in [5.41, 5.74) is 0.896. The Morgan fingerprint density at radius 2 is 2.04 bits per heavy atom. The standard InChI is InChI=1S/C19H15FO5/c1-11(19(22)23-2)24-14-6-7-15-16(10-14)25-17(18(15)21)9-12-4-3-5-13(20)8-12/h3-11H,1-2H3/b17-9-/t11-/m0/s1. The second kappa shape index (κ2) is 6.76. The summed E-state index contributed by atoms with van der Waals surface area (Å²) in [5.74, 6) is -0.418. The Bertz CT molecular complexity index is 872. The van der Waals surface area contributed by atoms with Crippen molar-refractivity contribution in [3.63, 3.8) is 0 Å². The quantitative estimate of drug-likeness (QED) is 0.630. The summed E-state index contributed by atoms with van der Waals surface area (Å²) in [5, 5.41) is 0. The van der Waals surface area contributed by atoms with E-state index in [0.717, 1.165) is 0 Å². The average molecular weight is 342 g/mol. The lowest BCUT2D eigenvalue weighted by Crippen LogP contribution is -2.24. The molecule has 0 radical (unpaired) electrons. The van der Waals surface area contributed by atoms with Crippen LogP contribution in [0.2, 0.25) is 0 Å². The molecule has 128 valence electrons. The van der Waals surface area contributed by atoms with Crippen molar-refractivity contribution >= 4 is 17.8 Å². The molecule has 6 heteroatoms. The number of hydrogen-bond acceptors (Lipinski definition) is 5. The first-order valence-electron chi connectivity index (χ1n) is 7.56. The van der Waals surface area contributed by atoms with E-state index >= 15 is 0 Å². The zero-order chi connectivity index (χ0) is 18.0. The number of allylic oxidation sites excluding steroid dienone is 1. The van der Waals surface area contributed by atoms with Gasteiger partial charge in [-0.2, -0.15) is 0 Å². The molecular weight excluding hydrogens is 327 g/mol. The van der Waals surface area contributed by atoms with Crippen LogP contribution in [0, 0.1) is 5.82 Å². The van der Waals surface area contributed by atoms with Crippen molar-refractivity contribution in [2.75, 3.05) is 7.11 Å². The van der Waals surface area contributed by atoms with E-state index in [-0.39, 0.29) is 11.5 Å². The summed E-state index contributed by atoms with van der Waals surface area (Å²) in [6.07, 6.45) is 0.686. The normalized spacial score (nSPS) is 15.5. The first-order valence-corrected chi connectivity index (χ1v) is 7.56. The number of rotatable bonds is 4. The van der Waals surface area contributed by atoms with Gasteiger partial charge in [0.25, 0.3) is 0 Å². The van der Waals surface area contributed by atoms with E-state index in [9.17, 15) is 14.0 Å². The molecule has 0 saturated heterocycles. The third kappa shape index (κ3) is 3.52. The van der Waals surface area contributed by atoms with Gasteiger partial charge in [-0.05, 0) is 42.8 Å². The van der Waals surface area contributed by atoms with Crippen molar-refractivity contribution in [2.24, 2.45) is 0 Å². The maximum absolute atomic E-state index is 13.3. The van der Waals surface area contributed by atoms with E-state index in [2.05, 4.69) is 4.74 Å². The predicted octanol–water partition coefficient (Wildman–Crippen LogP) is 3.38. The minimum atomic E-state index is -0.789. The van der Waals surface area contributed by atoms with Gasteiger partial charge in [0.1, 0.15) is 17.3 Å². The molecule has 1 atom stereocenters. The number of carbonyl (C=O) groups is 2. The summed E-state index contributed by atoms with van der Waals surface area (Å²) in [6.45, 7) is 1.56. The maximum Gasteiger partial charge on any atom is 0.346 e. The first kappa shape index (κ1) is 16.7. The summed E-state index contributed by atoms with van der Waals surface area (Å²) < 4.78 is 28.9. The lowest BCUT2D eigenvalue weighted by Gasteiger charge is -2.12. The predicted molar refractivity (Wildman–Crippen MR) is 87.9 cm³/mol. The van der Waals surface area contributed by atoms with Gasteiger partial charge in [-0.15, -0.1) is 0 Å². The third-order valence-corrected chi connectivity index (χ3v) is 3.63. The number of ketones is 1. The van der Waals surface area contributed by atoms with Crippen LogP contribution in [0.15, 0.2) is 48.2 Å². The topological polar surface area (TPSA) is 61.8 Å². The Labute approximate surface area is 143 Å². The lowest BCUT2D eigenvalue weighted by atomic mass is 10.1. The van der Waals surface area contributed by atoms with Crippen molar-refractivity contribution in [3.8, 4) is 11.5 Å². The van der Waals surface area contributed by atoms with E-state index in [4.69, 9.17) is 9.47 Å². The molecule has 3 rings (SSSR count). The lowest BCUT2D eigenvalue weighted by molar-refractivity contribution is -0.147. The molecule has 0 bridgehead atoms. The van der Waals surface area contributed by atoms with Crippen molar-refractivity contribution in [1.82, 2.24) is 0 Å². The largest absolute Gasteiger partial charge is 0.479 e. The molecule has 5 nitrogen and oxygen atoms in total. The number of carbonyl (C=O) groups excluding carboxylic acids is 2. The number of methoxy groups -OCH3 is 1. The fraction of sp³-hybridized carbons (Fsp3) is 0.158. The minimum absolute atomic E-state index is 0.0961. The smallest absolute Gasteiger partial charge is 0.346 e. The van der Waals surface area contributed by atoms with Gasteiger partial charge in [0.05, 0.1) is 12.7 Å². The zero-order valence-electron chi connectivity index (χ0n) is 13.6. The van der Waals surface area contributed by atoms with Gasteiger partial charge in [0.15, 0.2) is 11.9 Å². The Morgan fingerprint density at radius 3 is 2.76 bits per heavy atom. The van der Waals surface area contributed by atoms with Crippen LogP contribution in [0.1, 0.15) is 22.8 Å². The van der Waals surface area contributed by atoms with Gasteiger partial charge in [0, 0.05) is 6.07 Å². The maximum atomic E-state index is 13.3. The number of esters is 1. The van der Waals surface area contributed by atoms with Crippen LogP contribution in [0.3, 0.4) is 0 Å². The number of ether oxygens (including phenoxy) is 3. The molecule has 0 saturated carbocycles. The molecule has 0 fully saturated rings. The number of Topliss-reactive ketones (excluding diaryl/α,β-unsaturated/α-hetero) is 1. The Morgan fingerprint density at radius 1 is 1.24 bits per heavy atom. The molecule has 1 heterocycles. The zero-order valence-corrected chi connectivity index (χ0v) is 13.6. The minimum Gasteiger partial charge on any atom is -0.479 e. The van der Waals surface area contributed by atoms with Gasteiger partial charge in [-0.1, -0.05) is 12.1 Å². The molecule has 0 amide bonds. The molecule has 0 N–H and O–H groups in total. The fourth-order valence-electron chi connectivity index (χ4n) is 2.41. The molecule has 0 aromatic heterocycles. The van der Waals surface area contributed by atoms with E-state index in [0.29, 0.717) is 22.6 Å². The Kier molecular flexibility index (Phi) is 4.52. The fourth-order valence-corrected chi connectivity index (χ4v) is 2.41. The first-order chi connectivity index (χ1) is 12.0. The molecule has 2 aromatic carbocycles. The highest BCUT2D eigenvalue weighted by atomic mass is 19.1. The van der Waals surface area contributed by atoms with Crippen molar-refractivity contribution in [3.05, 3.63) is 65.2 Å². The Balaban J connectivity index is 1.83. The van der Waals surface area contributed by atoms with E-state index in [1.165, 1.54) is 31.4 Å². The van der Waals surface area contributed by atoms with E-state index in [1.54, 1.807) is 31.2 Å². The van der Waals surface area contributed by atoms with Crippen LogP contribution in [0.4, 0.5) is 4.39 Å². The Hall–Kier alpha value is -3.15. The van der Waals surface area contributed by atoms with Crippen LogP contribution in [0.5, 0.6) is 11.5 Å². The summed E-state index contributed by atoms with van der Waals surface area (Å²) in [6, 6.07) is 10.5. The molecule has 25 heavy (non-hydrogen) atoms. The van der Waals surface area contributed by atoms with Crippen LogP contribution in [0.25, 0.3) is 6.08 Å². The van der Waals surface area contributed by atoms with Gasteiger partial charge < -0.3 is 14.2 Å². The average Bonchev–Trinajstić information content (AvgIpc) is 2.89. The van der Waals surface area contributed by atoms with E-state index in [1.807, 2.05) is 0 Å². The monoisotopic (exact) mass is 342 g/mol. The highest BCUT2D eigenvalue weighted by Crippen LogP contribution is 2.35. The van der Waals surface area contributed by atoms with Crippen molar-refractivity contribution < 1.29 is 28.2 Å². The molecule has 0 unspecified atom stereocenters. The molecular formula is C19H15FO5. The number of benzene rings is 2. The molecule has 1 aliphatic rings. The van der Waals surface area contributed by atoms with Gasteiger partial charge >= 0.3 is 5.97 Å². The second-order valence-corrected chi connectivity index (χ2v) is 5.44. The van der Waals surface area contributed by atoms with Crippen LogP contribution in [-0.2, 0) is 9.53 Å². The van der Waals surface area contributed by atoms with Crippen LogP contribution < -0.4 is 9.47 Å². The van der Waals surface area contributed by atoms with Crippen LogP contribution >= 0.6 is 0 Å². The van der Waals surface area contributed by atoms with E-state index < -0.39 is 17.9 Å². The van der Waals surface area contributed by atoms with Crippen LogP contribution in [-0.4, -0.2) is 25.0 Å². The second-order valence-electron chi connectivity index (χ2n) is 5.44. The molecule has 0 spiro atoms. The molecule has 1 aliphatic heterocycles. The summed E-state index contributed by atoms with van der Waals surface area (Å²) >= 11 is 0. The number of fused-ring (bicyclic) bond motifs is 1. The number of halogens is 1. The third-order valence-electron chi connectivity index (χ3n) is 3.63. The van der Waals surface area contributed by atoms with Gasteiger partial charge in [-0.25, -0.2) is 9.18 Å². The highest BCUT2D eigenvalue weighted by molar-refractivity contribution is 6.14. The highest BCUT2D eigenvalue weighted by Gasteiger charge is 2.28. The van der Waals surface area contributed by atoms with Gasteiger partial charge in [0.2, 0.25) is 5.78 Å². The summed E-state index contributed by atoms with van der Waals surface area (Å²) in [4.78, 5) is 23.8.